The van der Waals surface area contributed by atoms with Crippen molar-refractivity contribution in [3.63, 3.8) is 0 Å². The third-order valence-corrected chi connectivity index (χ3v) is 9.37. The van der Waals surface area contributed by atoms with E-state index in [0.29, 0.717) is 35.2 Å². The predicted molar refractivity (Wildman–Crippen MR) is 149 cm³/mol. The molecule has 2 aliphatic rings. The minimum atomic E-state index is -3.38. The van der Waals surface area contributed by atoms with Crippen LogP contribution in [0.5, 0.6) is 0 Å². The molecule has 0 unspecified atom stereocenters. The summed E-state index contributed by atoms with van der Waals surface area (Å²) in [5.41, 5.74) is 3.66. The van der Waals surface area contributed by atoms with Gasteiger partial charge in [-0.25, -0.2) is 13.4 Å². The van der Waals surface area contributed by atoms with E-state index in [2.05, 4.69) is 54.9 Å². The van der Waals surface area contributed by atoms with Gasteiger partial charge >= 0.3 is 0 Å². The van der Waals surface area contributed by atoms with Crippen LogP contribution in [0.25, 0.3) is 0 Å². The van der Waals surface area contributed by atoms with E-state index >= 15 is 0 Å². The van der Waals surface area contributed by atoms with Gasteiger partial charge in [0, 0.05) is 55.0 Å². The van der Waals surface area contributed by atoms with Crippen LogP contribution in [-0.4, -0.2) is 74.9 Å². The molecule has 0 aliphatic carbocycles. The number of hydrogen-bond acceptors (Lipinski definition) is 9. The summed E-state index contributed by atoms with van der Waals surface area (Å²) in [5, 5.41) is 9.46. The summed E-state index contributed by atoms with van der Waals surface area (Å²) in [7, 11) is -1.23. The summed E-state index contributed by atoms with van der Waals surface area (Å²) in [4.78, 5) is 14.2. The Bertz CT molecular complexity index is 1320. The SMILES string of the molecule is Cc1cnc(Nc2ccc(N3CCN(C)CC3)cc2)nc1Nc1cccc(S(=O)(=O)C2CCNCC2)c1. The van der Waals surface area contributed by atoms with Crippen LogP contribution < -0.4 is 20.9 Å². The zero-order valence-electron chi connectivity index (χ0n) is 21.4. The van der Waals surface area contributed by atoms with E-state index in [1.807, 2.05) is 25.1 Å². The molecular formula is C27H35N7O2S. The summed E-state index contributed by atoms with van der Waals surface area (Å²) in [6, 6.07) is 15.3. The van der Waals surface area contributed by atoms with Gasteiger partial charge in [0.1, 0.15) is 5.82 Å². The number of piperazine rings is 1. The topological polar surface area (TPSA) is 102 Å². The van der Waals surface area contributed by atoms with Crippen LogP contribution in [0, 0.1) is 6.92 Å². The van der Waals surface area contributed by atoms with E-state index in [-0.39, 0.29) is 5.25 Å². The molecule has 2 aliphatic heterocycles. The first kappa shape index (κ1) is 25.4. The molecule has 3 aromatic rings. The van der Waals surface area contributed by atoms with Crippen molar-refractivity contribution in [1.29, 1.82) is 0 Å². The molecule has 3 heterocycles. The Hall–Kier alpha value is -3.21. The number of piperidine rings is 1. The maximum atomic E-state index is 13.2. The number of aryl methyl sites for hydroxylation is 1. The van der Waals surface area contributed by atoms with Crippen molar-refractivity contribution in [3.8, 4) is 0 Å². The minimum absolute atomic E-state index is 0.342. The molecule has 0 amide bonds. The first-order valence-electron chi connectivity index (χ1n) is 12.8. The molecule has 1 aromatic heterocycles. The maximum absolute atomic E-state index is 13.2. The average Bonchev–Trinajstić information content (AvgIpc) is 2.92. The van der Waals surface area contributed by atoms with Gasteiger partial charge in [-0.15, -0.1) is 0 Å². The fraction of sp³-hybridized carbons (Fsp3) is 0.407. The lowest BCUT2D eigenvalue weighted by atomic mass is 10.2. The van der Waals surface area contributed by atoms with Crippen LogP contribution in [0.2, 0.25) is 0 Å². The van der Waals surface area contributed by atoms with Gasteiger partial charge in [0.2, 0.25) is 5.95 Å². The standard InChI is InChI=1S/C27H35N7O2S/c1-20-19-29-27(31-21-6-8-23(9-7-21)34-16-14-33(2)15-17-34)32-26(20)30-22-4-3-5-25(18-22)37(35,36)24-10-12-28-13-11-24/h3-9,18-19,24,28H,10-17H2,1-2H3,(H2,29,30,31,32). The van der Waals surface area contributed by atoms with Crippen molar-refractivity contribution >= 4 is 38.7 Å². The highest BCUT2D eigenvalue weighted by atomic mass is 32.2. The predicted octanol–water partition coefficient (Wildman–Crippen LogP) is 3.55. The number of anilines is 5. The van der Waals surface area contributed by atoms with Crippen LogP contribution >= 0.6 is 0 Å². The Morgan fingerprint density at radius 1 is 0.946 bits per heavy atom. The molecule has 0 bridgehead atoms. The zero-order valence-corrected chi connectivity index (χ0v) is 22.3. The lowest BCUT2D eigenvalue weighted by Crippen LogP contribution is -2.44. The number of nitrogens with zero attached hydrogens (tertiary/aromatic N) is 4. The zero-order chi connectivity index (χ0) is 25.8. The second kappa shape index (κ2) is 11.0. The molecule has 5 rings (SSSR count). The Labute approximate surface area is 219 Å². The highest BCUT2D eigenvalue weighted by molar-refractivity contribution is 7.92. The number of sulfone groups is 1. The van der Waals surface area contributed by atoms with Gasteiger partial charge in [0.05, 0.1) is 10.1 Å². The molecule has 10 heteroatoms. The lowest BCUT2D eigenvalue weighted by molar-refractivity contribution is 0.313. The van der Waals surface area contributed by atoms with Gasteiger partial charge in [-0.3, -0.25) is 0 Å². The smallest absolute Gasteiger partial charge is 0.229 e. The molecule has 0 atom stereocenters. The van der Waals surface area contributed by atoms with Crippen LogP contribution in [-0.2, 0) is 9.84 Å². The molecule has 37 heavy (non-hydrogen) atoms. The molecular weight excluding hydrogens is 486 g/mol. The van der Waals surface area contributed by atoms with Gasteiger partial charge in [0.15, 0.2) is 9.84 Å². The fourth-order valence-electron chi connectivity index (χ4n) is 4.76. The Kier molecular flexibility index (Phi) is 7.59. The number of aromatic nitrogens is 2. The van der Waals surface area contributed by atoms with Gasteiger partial charge in [-0.05, 0) is 82.4 Å². The number of nitrogens with one attached hydrogen (secondary N) is 3. The second-order valence-corrected chi connectivity index (χ2v) is 12.1. The molecule has 2 fully saturated rings. The van der Waals surface area contributed by atoms with Crippen molar-refractivity contribution in [1.82, 2.24) is 20.2 Å². The van der Waals surface area contributed by atoms with Crippen molar-refractivity contribution in [2.45, 2.75) is 29.9 Å². The summed E-state index contributed by atoms with van der Waals surface area (Å²) in [6.45, 7) is 7.58. The Morgan fingerprint density at radius 3 is 2.41 bits per heavy atom. The molecule has 0 radical (unpaired) electrons. The quantitative estimate of drug-likeness (QED) is 0.431. The number of rotatable bonds is 7. The van der Waals surface area contributed by atoms with E-state index in [9.17, 15) is 8.42 Å². The molecule has 3 N–H and O–H groups in total. The van der Waals surface area contributed by atoms with Crippen molar-refractivity contribution in [2.75, 3.05) is 61.8 Å². The Morgan fingerprint density at radius 2 is 1.68 bits per heavy atom. The monoisotopic (exact) mass is 521 g/mol. The van der Waals surface area contributed by atoms with Gasteiger partial charge in [0.25, 0.3) is 0 Å². The first-order valence-corrected chi connectivity index (χ1v) is 14.4. The fourth-order valence-corrected chi connectivity index (χ4v) is 6.56. The van der Waals surface area contributed by atoms with Crippen LogP contribution in [0.3, 0.4) is 0 Å². The van der Waals surface area contributed by atoms with E-state index in [1.165, 1.54) is 5.69 Å². The van der Waals surface area contributed by atoms with E-state index in [4.69, 9.17) is 0 Å². The molecule has 2 saturated heterocycles. The number of benzene rings is 2. The van der Waals surface area contributed by atoms with Gasteiger partial charge in [-0.1, -0.05) is 6.07 Å². The van der Waals surface area contributed by atoms with Crippen molar-refractivity contribution in [2.24, 2.45) is 0 Å². The number of likely N-dealkylation sites (N-methyl/N-ethyl adjacent to an activating group) is 1. The third kappa shape index (κ3) is 6.03. The van der Waals surface area contributed by atoms with E-state index in [0.717, 1.165) is 50.5 Å². The highest BCUT2D eigenvalue weighted by Gasteiger charge is 2.29. The summed E-state index contributed by atoms with van der Waals surface area (Å²) in [5.74, 6) is 1.10. The third-order valence-electron chi connectivity index (χ3n) is 7.11. The van der Waals surface area contributed by atoms with Crippen molar-refractivity contribution in [3.05, 3.63) is 60.3 Å². The average molecular weight is 522 g/mol. The van der Waals surface area contributed by atoms with Crippen LogP contribution in [0.1, 0.15) is 18.4 Å². The normalized spacial score (nSPS) is 17.5. The largest absolute Gasteiger partial charge is 0.369 e. The molecule has 0 spiro atoms. The van der Waals surface area contributed by atoms with E-state index in [1.54, 1.807) is 24.4 Å². The minimum Gasteiger partial charge on any atom is -0.369 e. The lowest BCUT2D eigenvalue weighted by Gasteiger charge is -2.34. The molecule has 196 valence electrons. The summed E-state index contributed by atoms with van der Waals surface area (Å²) in [6.07, 6.45) is 3.03. The van der Waals surface area contributed by atoms with Crippen LogP contribution in [0.15, 0.2) is 59.6 Å². The Balaban J connectivity index is 1.28. The molecule has 2 aromatic carbocycles. The van der Waals surface area contributed by atoms with Gasteiger partial charge < -0.3 is 25.8 Å². The second-order valence-electron chi connectivity index (χ2n) is 9.83. The maximum Gasteiger partial charge on any atom is 0.229 e. The molecule has 9 nitrogen and oxygen atoms in total. The van der Waals surface area contributed by atoms with E-state index < -0.39 is 9.84 Å². The summed E-state index contributed by atoms with van der Waals surface area (Å²) >= 11 is 0. The van der Waals surface area contributed by atoms with Crippen molar-refractivity contribution < 1.29 is 8.42 Å². The highest BCUT2D eigenvalue weighted by Crippen LogP contribution is 2.27. The summed E-state index contributed by atoms with van der Waals surface area (Å²) < 4.78 is 26.3. The first-order chi connectivity index (χ1) is 17.9. The van der Waals surface area contributed by atoms with Gasteiger partial charge in [-0.2, -0.15) is 4.98 Å². The number of hydrogen-bond donors (Lipinski definition) is 3. The molecule has 0 saturated carbocycles. The van der Waals surface area contributed by atoms with Crippen LogP contribution in [0.4, 0.5) is 28.8 Å².